The zero-order valence-electron chi connectivity index (χ0n) is 12.8. The van der Waals surface area contributed by atoms with E-state index in [-0.39, 0.29) is 0 Å². The summed E-state index contributed by atoms with van der Waals surface area (Å²) in [5, 5.41) is 0.901. The topological polar surface area (TPSA) is 41.5 Å². The van der Waals surface area contributed by atoms with E-state index in [0.717, 1.165) is 23.7 Å². The molecule has 4 heteroatoms. The molecule has 0 radical (unpaired) electrons. The van der Waals surface area contributed by atoms with Gasteiger partial charge in [0.2, 0.25) is 0 Å². The predicted molar refractivity (Wildman–Crippen MR) is 86.4 cm³/mol. The maximum absolute atomic E-state index is 12.0. The van der Waals surface area contributed by atoms with E-state index in [2.05, 4.69) is 6.92 Å². The Hall–Kier alpha value is -0.890. The first kappa shape index (κ1) is 16.5. The third-order valence-electron chi connectivity index (χ3n) is 3.88. The Morgan fingerprint density at radius 3 is 2.38 bits per heavy atom. The molecule has 1 aromatic carbocycles. The third-order valence-corrected chi connectivity index (χ3v) is 5.00. The molecular weight excluding hydrogens is 283 g/mol. The molecule has 1 unspecified atom stereocenters. The maximum Gasteiger partial charge on any atom is 0.283 e. The number of benzene rings is 1. The smallest absolute Gasteiger partial charge is 0.283 e. The first-order valence-electron chi connectivity index (χ1n) is 8.10. The Morgan fingerprint density at radius 2 is 1.62 bits per heavy atom. The summed E-state index contributed by atoms with van der Waals surface area (Å²) < 4.78 is 4.91. The van der Waals surface area contributed by atoms with Crippen molar-refractivity contribution in [1.29, 1.82) is 0 Å². The molecule has 0 aromatic heterocycles. The molecule has 3 nitrogen and oxygen atoms in total. The van der Waals surface area contributed by atoms with Crippen molar-refractivity contribution in [2.75, 3.05) is 0 Å². The Kier molecular flexibility index (Phi) is 7.21. The summed E-state index contributed by atoms with van der Waals surface area (Å²) in [7, 11) is -1.83. The second-order valence-corrected chi connectivity index (χ2v) is 6.79. The van der Waals surface area contributed by atoms with Crippen molar-refractivity contribution in [3.05, 3.63) is 29.8 Å². The van der Waals surface area contributed by atoms with Crippen LogP contribution in [0.25, 0.3) is 0 Å². The molecule has 1 aliphatic rings. The van der Waals surface area contributed by atoms with Crippen LogP contribution in [0.15, 0.2) is 24.3 Å². The van der Waals surface area contributed by atoms with Crippen LogP contribution in [-0.2, 0) is 4.67 Å². The van der Waals surface area contributed by atoms with Gasteiger partial charge in [0.1, 0.15) is 0 Å². The lowest BCUT2D eigenvalue weighted by molar-refractivity contribution is -0.218. The summed E-state index contributed by atoms with van der Waals surface area (Å²) in [4.78, 5) is 17.0. The van der Waals surface area contributed by atoms with E-state index in [1.807, 2.05) is 24.3 Å². The van der Waals surface area contributed by atoms with Gasteiger partial charge in [-0.15, -0.1) is 0 Å². The number of para-hydroxylation sites is 1. The van der Waals surface area contributed by atoms with E-state index in [1.54, 1.807) is 0 Å². The van der Waals surface area contributed by atoms with Gasteiger partial charge in [0, 0.05) is 11.1 Å². The van der Waals surface area contributed by atoms with Crippen LogP contribution < -0.4 is 9.78 Å². The standard InChI is InChI=1S/C17H25O3P/c1-2-3-4-5-6-7-8-9-14-17-15-12-10-11-13-16(15)19-20-21(17)18/h10-13H,2-9,14H2,1H3. The predicted octanol–water partition coefficient (Wildman–Crippen LogP) is 4.73. The number of hydrogen-bond donors (Lipinski definition) is 0. The Morgan fingerprint density at radius 1 is 0.952 bits per heavy atom. The van der Waals surface area contributed by atoms with Gasteiger partial charge in [-0.25, -0.2) is 0 Å². The third kappa shape index (κ3) is 5.10. The van der Waals surface area contributed by atoms with Crippen LogP contribution in [0.1, 0.15) is 70.3 Å². The van der Waals surface area contributed by atoms with Crippen molar-refractivity contribution >= 4 is 13.3 Å². The maximum atomic E-state index is 12.0. The largest absolute Gasteiger partial charge is 0.599 e. The molecular formula is C17H25O3P. The van der Waals surface area contributed by atoms with Crippen LogP contribution in [-0.4, -0.2) is 5.29 Å². The van der Waals surface area contributed by atoms with Gasteiger partial charge in [-0.2, -0.15) is 0 Å². The Balaban J connectivity index is 1.73. The van der Waals surface area contributed by atoms with Gasteiger partial charge in [-0.1, -0.05) is 64.0 Å². The number of rotatable bonds is 9. The van der Waals surface area contributed by atoms with Gasteiger partial charge in [0.25, 0.3) is 8.00 Å². The minimum absolute atomic E-state index is 0.682. The highest BCUT2D eigenvalue weighted by Crippen LogP contribution is 2.35. The first-order valence-corrected chi connectivity index (χ1v) is 9.28. The molecule has 0 aliphatic carbocycles. The number of unbranched alkanes of at least 4 members (excludes halogenated alkanes) is 7. The van der Waals surface area contributed by atoms with Gasteiger partial charge in [-0.05, 0) is 18.6 Å². The summed E-state index contributed by atoms with van der Waals surface area (Å²) in [6, 6.07) is 7.66. The van der Waals surface area contributed by atoms with Crippen LogP contribution in [0.5, 0.6) is 5.75 Å². The molecule has 1 aromatic rings. The van der Waals surface area contributed by atoms with Crippen molar-refractivity contribution < 1.29 is 14.5 Å². The SMILES string of the molecule is CCCCCCCCCCC1=[P+]([O-])OOc2ccccc21. The van der Waals surface area contributed by atoms with Gasteiger partial charge in [-0.3, -0.25) is 4.89 Å². The summed E-state index contributed by atoms with van der Waals surface area (Å²) in [6.07, 6.45) is 11.1. The van der Waals surface area contributed by atoms with Crippen LogP contribution in [0.4, 0.5) is 0 Å². The van der Waals surface area contributed by atoms with Crippen LogP contribution >= 0.6 is 8.00 Å². The summed E-state index contributed by atoms with van der Waals surface area (Å²) in [5.74, 6) is 0.682. The lowest BCUT2D eigenvalue weighted by atomic mass is 10.0. The Labute approximate surface area is 128 Å². The van der Waals surface area contributed by atoms with Gasteiger partial charge in [0.15, 0.2) is 11.0 Å². The van der Waals surface area contributed by atoms with Crippen LogP contribution in [0, 0.1) is 0 Å². The quantitative estimate of drug-likeness (QED) is 0.376. The van der Waals surface area contributed by atoms with E-state index in [0.29, 0.717) is 5.75 Å². The molecule has 2 rings (SSSR count). The van der Waals surface area contributed by atoms with E-state index in [9.17, 15) is 4.89 Å². The molecule has 0 N–H and O–H groups in total. The van der Waals surface area contributed by atoms with Gasteiger partial charge < -0.3 is 4.89 Å². The molecule has 0 fully saturated rings. The molecule has 0 spiro atoms. The summed E-state index contributed by atoms with van der Waals surface area (Å²) >= 11 is 0. The lowest BCUT2D eigenvalue weighted by Crippen LogP contribution is -2.15. The summed E-state index contributed by atoms with van der Waals surface area (Å²) in [5.41, 5.74) is 0.952. The molecule has 21 heavy (non-hydrogen) atoms. The fourth-order valence-corrected chi connectivity index (χ4v) is 3.61. The highest BCUT2D eigenvalue weighted by Gasteiger charge is 2.25. The van der Waals surface area contributed by atoms with Crippen LogP contribution in [0.3, 0.4) is 0 Å². The molecule has 0 saturated heterocycles. The average Bonchev–Trinajstić information content (AvgIpc) is 2.51. The average molecular weight is 308 g/mol. The minimum atomic E-state index is -1.83. The van der Waals surface area contributed by atoms with Crippen molar-refractivity contribution in [1.82, 2.24) is 0 Å². The molecule has 0 bridgehead atoms. The highest BCUT2D eigenvalue weighted by molar-refractivity contribution is 7.47. The fourth-order valence-electron chi connectivity index (χ4n) is 2.65. The second kappa shape index (κ2) is 9.19. The monoisotopic (exact) mass is 308 g/mol. The highest BCUT2D eigenvalue weighted by atomic mass is 31.1. The molecule has 0 saturated carbocycles. The summed E-state index contributed by atoms with van der Waals surface area (Å²) in [6.45, 7) is 2.24. The minimum Gasteiger partial charge on any atom is -0.599 e. The fraction of sp³-hybridized carbons (Fsp3) is 0.588. The van der Waals surface area contributed by atoms with Gasteiger partial charge >= 0.3 is 0 Å². The van der Waals surface area contributed by atoms with E-state index in [4.69, 9.17) is 9.56 Å². The molecule has 1 aliphatic heterocycles. The van der Waals surface area contributed by atoms with Crippen molar-refractivity contribution in [2.24, 2.45) is 0 Å². The molecule has 1 heterocycles. The number of hydrogen-bond acceptors (Lipinski definition) is 3. The van der Waals surface area contributed by atoms with Crippen molar-refractivity contribution in [2.45, 2.75) is 64.7 Å². The zero-order chi connectivity index (χ0) is 14.9. The molecule has 0 amide bonds. The zero-order valence-corrected chi connectivity index (χ0v) is 13.7. The van der Waals surface area contributed by atoms with E-state index < -0.39 is 8.00 Å². The van der Waals surface area contributed by atoms with E-state index in [1.165, 1.54) is 44.9 Å². The van der Waals surface area contributed by atoms with Crippen LogP contribution in [0.2, 0.25) is 0 Å². The number of fused-ring (bicyclic) bond motifs is 1. The Bertz CT molecular complexity index is 471. The molecule has 116 valence electrons. The first-order chi connectivity index (χ1) is 10.3. The van der Waals surface area contributed by atoms with Crippen molar-refractivity contribution in [3.8, 4) is 5.75 Å². The molecule has 1 atom stereocenters. The second-order valence-electron chi connectivity index (χ2n) is 5.58. The van der Waals surface area contributed by atoms with Crippen molar-refractivity contribution in [3.63, 3.8) is 0 Å². The van der Waals surface area contributed by atoms with E-state index >= 15 is 0 Å². The van der Waals surface area contributed by atoms with Gasteiger partial charge in [0.05, 0.1) is 5.56 Å². The normalized spacial score (nSPS) is 15.7. The lowest BCUT2D eigenvalue weighted by Gasteiger charge is -2.14.